The van der Waals surface area contributed by atoms with Crippen LogP contribution in [-0.4, -0.2) is 30.1 Å². The van der Waals surface area contributed by atoms with Gasteiger partial charge in [0, 0.05) is 0 Å². The second-order valence-electron chi connectivity index (χ2n) is 4.99. The number of ether oxygens (including phenoxy) is 2. The van der Waals surface area contributed by atoms with Crippen LogP contribution in [0.1, 0.15) is 27.9 Å². The maximum Gasteiger partial charge on any atom is 0.350 e. The Labute approximate surface area is 138 Å². The summed E-state index contributed by atoms with van der Waals surface area (Å²) in [6, 6.07) is 7.43. The van der Waals surface area contributed by atoms with Gasteiger partial charge in [-0.15, -0.1) is 0 Å². The molecule has 0 fully saturated rings. The highest BCUT2D eigenvalue weighted by atomic mass is 32.1. The van der Waals surface area contributed by atoms with E-state index >= 15 is 0 Å². The van der Waals surface area contributed by atoms with E-state index in [1.165, 1.54) is 7.11 Å². The van der Waals surface area contributed by atoms with Crippen LogP contribution >= 0.6 is 11.3 Å². The number of hydrogen-bond donors (Lipinski definition) is 1. The highest BCUT2D eigenvalue weighted by Crippen LogP contribution is 2.23. The first-order chi connectivity index (χ1) is 10.9. The first-order valence-corrected chi connectivity index (χ1v) is 7.82. The lowest BCUT2D eigenvalue weighted by atomic mass is 10.2. The Morgan fingerprint density at radius 3 is 2.48 bits per heavy atom. The molecule has 1 amide bonds. The molecule has 1 unspecified atom stereocenters. The lowest BCUT2D eigenvalue weighted by molar-refractivity contribution is -0.122. The Hall–Kier alpha value is -2.41. The van der Waals surface area contributed by atoms with Crippen LogP contribution in [0.5, 0.6) is 5.75 Å². The molecule has 1 aromatic heterocycles. The van der Waals surface area contributed by atoms with Gasteiger partial charge < -0.3 is 9.47 Å². The number of carbonyl (C=O) groups excluding carboxylic acids is 2. The number of rotatable bonds is 5. The molecule has 1 N–H and O–H groups in total. The molecule has 0 bridgehead atoms. The molecule has 122 valence electrons. The van der Waals surface area contributed by atoms with E-state index in [-0.39, 0.29) is 5.91 Å². The molecule has 0 aliphatic heterocycles. The summed E-state index contributed by atoms with van der Waals surface area (Å²) in [6.07, 6.45) is -0.691. The van der Waals surface area contributed by atoms with E-state index in [0.717, 1.165) is 16.9 Å². The highest BCUT2D eigenvalue weighted by Gasteiger charge is 2.20. The van der Waals surface area contributed by atoms with Gasteiger partial charge in [0.05, 0.1) is 12.8 Å². The number of benzene rings is 1. The minimum Gasteiger partial charge on any atom is -0.481 e. The second-order valence-corrected chi connectivity index (χ2v) is 5.99. The molecule has 0 aliphatic carbocycles. The molecule has 0 aliphatic rings. The average Bonchev–Trinajstić information content (AvgIpc) is 2.89. The summed E-state index contributed by atoms with van der Waals surface area (Å²) in [5.74, 6) is -0.191. The smallest absolute Gasteiger partial charge is 0.350 e. The molecule has 0 saturated heterocycles. The van der Waals surface area contributed by atoms with Gasteiger partial charge in [0.2, 0.25) is 0 Å². The van der Waals surface area contributed by atoms with E-state index in [2.05, 4.69) is 15.0 Å². The zero-order valence-electron chi connectivity index (χ0n) is 13.4. The van der Waals surface area contributed by atoms with Crippen LogP contribution in [0, 0.1) is 13.8 Å². The Bertz CT molecular complexity index is 709. The number of nitrogens with zero attached hydrogens (tertiary/aromatic N) is 1. The fraction of sp³-hybridized carbons (Fsp3) is 0.312. The SMILES string of the molecule is COC(=O)c1sc(NC(=O)C(C)Oc2ccc(C)cc2)nc1C. The number of aryl methyl sites for hydroxylation is 2. The predicted octanol–water partition coefficient (Wildman–Crippen LogP) is 2.95. The van der Waals surface area contributed by atoms with Crippen molar-refractivity contribution in [3.63, 3.8) is 0 Å². The lowest BCUT2D eigenvalue weighted by Crippen LogP contribution is -2.30. The minimum atomic E-state index is -0.691. The topological polar surface area (TPSA) is 77.5 Å². The van der Waals surface area contributed by atoms with Gasteiger partial charge in [-0.1, -0.05) is 29.0 Å². The van der Waals surface area contributed by atoms with E-state index in [9.17, 15) is 9.59 Å². The zero-order chi connectivity index (χ0) is 17.0. The van der Waals surface area contributed by atoms with Crippen LogP contribution in [0.15, 0.2) is 24.3 Å². The molecule has 23 heavy (non-hydrogen) atoms. The van der Waals surface area contributed by atoms with Crippen LogP contribution in [0.2, 0.25) is 0 Å². The number of amides is 1. The lowest BCUT2D eigenvalue weighted by Gasteiger charge is -2.13. The van der Waals surface area contributed by atoms with Crippen molar-refractivity contribution >= 4 is 28.3 Å². The Balaban J connectivity index is 2.01. The number of methoxy groups -OCH3 is 1. The van der Waals surface area contributed by atoms with E-state index in [1.54, 1.807) is 13.8 Å². The second kappa shape index (κ2) is 7.23. The van der Waals surface area contributed by atoms with E-state index < -0.39 is 12.1 Å². The summed E-state index contributed by atoms with van der Waals surface area (Å²) in [6.45, 7) is 5.31. The third-order valence-corrected chi connectivity index (χ3v) is 4.15. The molecular formula is C16H18N2O4S. The van der Waals surface area contributed by atoms with Gasteiger partial charge >= 0.3 is 5.97 Å². The van der Waals surface area contributed by atoms with Gasteiger partial charge in [0.15, 0.2) is 11.2 Å². The monoisotopic (exact) mass is 334 g/mol. The van der Waals surface area contributed by atoms with Gasteiger partial charge in [-0.3, -0.25) is 10.1 Å². The van der Waals surface area contributed by atoms with Gasteiger partial charge in [-0.25, -0.2) is 9.78 Å². The Morgan fingerprint density at radius 1 is 1.22 bits per heavy atom. The van der Waals surface area contributed by atoms with E-state index in [1.807, 2.05) is 31.2 Å². The summed E-state index contributed by atoms with van der Waals surface area (Å²) in [5, 5.41) is 2.99. The Morgan fingerprint density at radius 2 is 1.87 bits per heavy atom. The molecular weight excluding hydrogens is 316 g/mol. The van der Waals surface area contributed by atoms with Crippen molar-refractivity contribution in [2.45, 2.75) is 26.9 Å². The van der Waals surface area contributed by atoms with Crippen LogP contribution in [0.25, 0.3) is 0 Å². The van der Waals surface area contributed by atoms with Crippen molar-refractivity contribution < 1.29 is 19.1 Å². The van der Waals surface area contributed by atoms with Crippen molar-refractivity contribution in [2.75, 3.05) is 12.4 Å². The number of thiazole rings is 1. The fourth-order valence-electron chi connectivity index (χ4n) is 1.81. The minimum absolute atomic E-state index is 0.337. The number of anilines is 1. The summed E-state index contributed by atoms with van der Waals surface area (Å²) in [4.78, 5) is 28.2. The fourth-order valence-corrected chi connectivity index (χ4v) is 2.70. The third kappa shape index (κ3) is 4.29. The molecule has 0 saturated carbocycles. The summed E-state index contributed by atoms with van der Waals surface area (Å²) >= 11 is 1.07. The van der Waals surface area contributed by atoms with Crippen molar-refractivity contribution in [2.24, 2.45) is 0 Å². The highest BCUT2D eigenvalue weighted by molar-refractivity contribution is 7.17. The molecule has 2 aromatic rings. The molecule has 1 heterocycles. The molecule has 0 radical (unpaired) electrons. The molecule has 2 rings (SSSR count). The maximum absolute atomic E-state index is 12.2. The van der Waals surface area contributed by atoms with Crippen molar-refractivity contribution in [1.82, 2.24) is 4.98 Å². The number of hydrogen-bond acceptors (Lipinski definition) is 6. The number of esters is 1. The number of nitrogens with one attached hydrogen (secondary N) is 1. The normalized spacial score (nSPS) is 11.7. The predicted molar refractivity (Wildman–Crippen MR) is 88.1 cm³/mol. The van der Waals surface area contributed by atoms with Crippen molar-refractivity contribution in [3.8, 4) is 5.75 Å². The largest absolute Gasteiger partial charge is 0.481 e. The van der Waals surface area contributed by atoms with Crippen LogP contribution in [0.3, 0.4) is 0 Å². The van der Waals surface area contributed by atoms with Gasteiger partial charge in [-0.2, -0.15) is 0 Å². The first-order valence-electron chi connectivity index (χ1n) is 7.00. The van der Waals surface area contributed by atoms with Crippen molar-refractivity contribution in [1.29, 1.82) is 0 Å². The van der Waals surface area contributed by atoms with E-state index in [0.29, 0.717) is 21.5 Å². The average molecular weight is 334 g/mol. The number of aromatic nitrogens is 1. The molecule has 0 spiro atoms. The number of carbonyl (C=O) groups is 2. The molecule has 6 nitrogen and oxygen atoms in total. The molecule has 1 aromatic carbocycles. The maximum atomic E-state index is 12.2. The van der Waals surface area contributed by atoms with Gasteiger partial charge in [0.1, 0.15) is 10.6 Å². The van der Waals surface area contributed by atoms with Crippen LogP contribution in [0.4, 0.5) is 5.13 Å². The standard InChI is InChI=1S/C16H18N2O4S/c1-9-5-7-12(8-6-9)22-11(3)14(19)18-16-17-10(2)13(23-16)15(20)21-4/h5-8,11H,1-4H3,(H,17,18,19). The summed E-state index contributed by atoms with van der Waals surface area (Å²) < 4.78 is 10.2. The van der Waals surface area contributed by atoms with Crippen LogP contribution in [-0.2, 0) is 9.53 Å². The van der Waals surface area contributed by atoms with Gasteiger partial charge in [0.25, 0.3) is 5.91 Å². The first kappa shape index (κ1) is 17.0. The quantitative estimate of drug-likeness (QED) is 0.851. The van der Waals surface area contributed by atoms with E-state index in [4.69, 9.17) is 4.74 Å². The zero-order valence-corrected chi connectivity index (χ0v) is 14.2. The van der Waals surface area contributed by atoms with Gasteiger partial charge in [-0.05, 0) is 32.9 Å². The Kier molecular flexibility index (Phi) is 5.33. The van der Waals surface area contributed by atoms with Crippen molar-refractivity contribution in [3.05, 3.63) is 40.4 Å². The van der Waals surface area contributed by atoms with Crippen LogP contribution < -0.4 is 10.1 Å². The third-order valence-electron chi connectivity index (χ3n) is 3.10. The molecule has 7 heteroatoms. The molecule has 1 atom stereocenters. The summed E-state index contributed by atoms with van der Waals surface area (Å²) in [5.41, 5.74) is 1.63. The summed E-state index contributed by atoms with van der Waals surface area (Å²) in [7, 11) is 1.30.